The van der Waals surface area contributed by atoms with Crippen molar-refractivity contribution >= 4 is 28.1 Å². The number of carbonyl (C=O) groups is 1. The van der Waals surface area contributed by atoms with Gasteiger partial charge in [-0.1, -0.05) is 0 Å². The molecule has 4 heterocycles. The van der Waals surface area contributed by atoms with Gasteiger partial charge >= 0.3 is 0 Å². The lowest BCUT2D eigenvalue weighted by Crippen LogP contribution is -2.54. The van der Waals surface area contributed by atoms with Gasteiger partial charge in [-0.3, -0.25) is 4.79 Å². The molecular weight excluding hydrogens is 457 g/mol. The smallest absolute Gasteiger partial charge is 0.270 e. The Morgan fingerprint density at radius 2 is 1.86 bits per heavy atom. The molecular formula is C27H30FN7O. The fraction of sp³-hybridized carbons (Fsp3) is 0.407. The number of nitrogens with zero attached hydrogens (tertiary/aromatic N) is 5. The Hall–Kier alpha value is -3.59. The first-order chi connectivity index (χ1) is 17.3. The highest BCUT2D eigenvalue weighted by molar-refractivity contribution is 6.05. The number of carbonyl (C=O) groups excluding carboxylic acids is 1. The summed E-state index contributed by atoms with van der Waals surface area (Å²) in [7, 11) is 0. The Labute approximate surface area is 209 Å². The minimum atomic E-state index is -0.456. The third-order valence-electron chi connectivity index (χ3n) is 7.14. The number of anilines is 1. The summed E-state index contributed by atoms with van der Waals surface area (Å²) in [6, 6.07) is 8.27. The number of fused-ring (bicyclic) bond motifs is 2. The molecule has 3 aromatic heterocycles. The topological polar surface area (TPSA) is 87.5 Å². The molecule has 2 N–H and O–H groups in total. The van der Waals surface area contributed by atoms with E-state index in [4.69, 9.17) is 9.97 Å². The van der Waals surface area contributed by atoms with E-state index in [0.29, 0.717) is 40.1 Å². The molecule has 1 aromatic carbocycles. The Morgan fingerprint density at radius 3 is 2.58 bits per heavy atom. The molecule has 0 unspecified atom stereocenters. The summed E-state index contributed by atoms with van der Waals surface area (Å²) in [6.45, 7) is 7.92. The predicted molar refractivity (Wildman–Crippen MR) is 138 cm³/mol. The third-order valence-corrected chi connectivity index (χ3v) is 7.14. The van der Waals surface area contributed by atoms with Crippen molar-refractivity contribution in [1.82, 2.24) is 30.0 Å². The van der Waals surface area contributed by atoms with Gasteiger partial charge in [0.2, 0.25) is 0 Å². The second kappa shape index (κ2) is 8.81. The molecule has 4 aromatic rings. The van der Waals surface area contributed by atoms with Crippen LogP contribution in [0.25, 0.3) is 27.9 Å². The van der Waals surface area contributed by atoms with E-state index in [2.05, 4.69) is 34.4 Å². The molecule has 2 atom stereocenters. The molecule has 2 aliphatic rings. The molecule has 8 nitrogen and oxygen atoms in total. The fourth-order valence-corrected chi connectivity index (χ4v) is 5.26. The molecule has 0 spiro atoms. The molecule has 1 amide bonds. The van der Waals surface area contributed by atoms with Gasteiger partial charge in [0.1, 0.15) is 5.69 Å². The summed E-state index contributed by atoms with van der Waals surface area (Å²) in [4.78, 5) is 29.4. The van der Waals surface area contributed by atoms with Gasteiger partial charge in [-0.15, -0.1) is 0 Å². The van der Waals surface area contributed by atoms with Crippen molar-refractivity contribution < 1.29 is 9.18 Å². The third kappa shape index (κ3) is 4.17. The summed E-state index contributed by atoms with van der Waals surface area (Å²) in [6.07, 6.45) is 6.59. The Balaban J connectivity index is 1.47. The van der Waals surface area contributed by atoms with Gasteiger partial charge in [0.25, 0.3) is 5.91 Å². The monoisotopic (exact) mass is 487 g/mol. The standard InChI is InChI=1S/C27H30FN7O/c1-15-11-34(12-16(2)29-15)20-7-8-23-21(10-20)24(27(36)31-19-5-4-6-19)33-25(32-23)18-9-22(28)26-30-17(3)13-35(26)14-18/h7-10,13-16,19,29H,4-6,11-12H2,1-3H3,(H,31,36)/t15-,16-/m1/s1. The van der Waals surface area contributed by atoms with E-state index < -0.39 is 5.82 Å². The van der Waals surface area contributed by atoms with Crippen LogP contribution in [0, 0.1) is 12.7 Å². The van der Waals surface area contributed by atoms with E-state index in [1.165, 1.54) is 6.07 Å². The van der Waals surface area contributed by atoms with Crippen LogP contribution in [0.3, 0.4) is 0 Å². The normalized spacial score (nSPS) is 20.6. The van der Waals surface area contributed by atoms with E-state index in [1.54, 1.807) is 16.8 Å². The molecule has 9 heteroatoms. The van der Waals surface area contributed by atoms with Crippen LogP contribution in [-0.2, 0) is 0 Å². The summed E-state index contributed by atoms with van der Waals surface area (Å²) < 4.78 is 16.5. The van der Waals surface area contributed by atoms with Crippen LogP contribution >= 0.6 is 0 Å². The van der Waals surface area contributed by atoms with Gasteiger partial charge in [-0.05, 0) is 64.3 Å². The second-order valence-electron chi connectivity index (χ2n) is 10.3. The van der Waals surface area contributed by atoms with Gasteiger partial charge < -0.3 is 19.9 Å². The average Bonchev–Trinajstić information content (AvgIpc) is 3.20. The van der Waals surface area contributed by atoms with Crippen molar-refractivity contribution in [3.05, 3.63) is 53.9 Å². The molecule has 0 bridgehead atoms. The molecule has 1 aliphatic carbocycles. The van der Waals surface area contributed by atoms with Crippen molar-refractivity contribution in [3.63, 3.8) is 0 Å². The van der Waals surface area contributed by atoms with Gasteiger partial charge in [-0.2, -0.15) is 0 Å². The number of piperazine rings is 1. The van der Waals surface area contributed by atoms with Crippen molar-refractivity contribution in [3.8, 4) is 11.4 Å². The highest BCUT2D eigenvalue weighted by Gasteiger charge is 2.25. The van der Waals surface area contributed by atoms with Crippen molar-refractivity contribution in [1.29, 1.82) is 0 Å². The number of aromatic nitrogens is 4. The number of amides is 1. The minimum absolute atomic E-state index is 0.173. The molecule has 1 saturated carbocycles. The van der Waals surface area contributed by atoms with Crippen LogP contribution in [0.2, 0.25) is 0 Å². The van der Waals surface area contributed by atoms with Crippen molar-refractivity contribution in [2.45, 2.75) is 58.2 Å². The Bertz CT molecular complexity index is 1470. The molecule has 36 heavy (non-hydrogen) atoms. The van der Waals surface area contributed by atoms with E-state index in [1.807, 2.05) is 25.1 Å². The maximum atomic E-state index is 14.8. The number of hydrogen-bond acceptors (Lipinski definition) is 6. The number of nitrogens with one attached hydrogen (secondary N) is 2. The Kier molecular flexibility index (Phi) is 5.59. The second-order valence-corrected chi connectivity index (χ2v) is 10.3. The predicted octanol–water partition coefficient (Wildman–Crippen LogP) is 3.86. The van der Waals surface area contributed by atoms with Crippen molar-refractivity contribution in [2.75, 3.05) is 18.0 Å². The van der Waals surface area contributed by atoms with Crippen LogP contribution < -0.4 is 15.5 Å². The van der Waals surface area contributed by atoms with E-state index in [0.717, 1.165) is 43.7 Å². The fourth-order valence-electron chi connectivity index (χ4n) is 5.26. The summed E-state index contributed by atoms with van der Waals surface area (Å²) >= 11 is 0. The van der Waals surface area contributed by atoms with Crippen LogP contribution in [0.1, 0.15) is 49.3 Å². The highest BCUT2D eigenvalue weighted by atomic mass is 19.1. The first-order valence-electron chi connectivity index (χ1n) is 12.6. The molecule has 2 fully saturated rings. The number of rotatable bonds is 4. The maximum absolute atomic E-state index is 14.8. The first-order valence-corrected chi connectivity index (χ1v) is 12.6. The molecule has 1 aliphatic heterocycles. The summed E-state index contributed by atoms with van der Waals surface area (Å²) in [5, 5.41) is 7.38. The lowest BCUT2D eigenvalue weighted by atomic mass is 9.93. The van der Waals surface area contributed by atoms with Gasteiger partial charge in [0.05, 0.1) is 11.2 Å². The number of aryl methyl sites for hydroxylation is 1. The Morgan fingerprint density at radius 1 is 1.08 bits per heavy atom. The lowest BCUT2D eigenvalue weighted by molar-refractivity contribution is 0.0913. The van der Waals surface area contributed by atoms with Gasteiger partial charge in [0, 0.05) is 60.2 Å². The number of pyridine rings is 1. The quantitative estimate of drug-likeness (QED) is 0.455. The largest absolute Gasteiger partial charge is 0.368 e. The zero-order chi connectivity index (χ0) is 25.0. The van der Waals surface area contributed by atoms with Crippen LogP contribution in [0.15, 0.2) is 36.7 Å². The van der Waals surface area contributed by atoms with E-state index in [9.17, 15) is 9.18 Å². The van der Waals surface area contributed by atoms with E-state index in [-0.39, 0.29) is 17.6 Å². The lowest BCUT2D eigenvalue weighted by Gasteiger charge is -2.37. The van der Waals surface area contributed by atoms with Crippen molar-refractivity contribution in [2.24, 2.45) is 0 Å². The molecule has 0 radical (unpaired) electrons. The molecule has 6 rings (SSSR count). The van der Waals surface area contributed by atoms with Crippen LogP contribution in [-0.4, -0.2) is 56.5 Å². The van der Waals surface area contributed by atoms with Crippen LogP contribution in [0.4, 0.5) is 10.1 Å². The van der Waals surface area contributed by atoms with Gasteiger partial charge in [0.15, 0.2) is 17.3 Å². The summed E-state index contributed by atoms with van der Waals surface area (Å²) in [5.74, 6) is -0.361. The average molecular weight is 488 g/mol. The zero-order valence-corrected chi connectivity index (χ0v) is 20.8. The molecule has 1 saturated heterocycles. The number of halogens is 1. The highest BCUT2D eigenvalue weighted by Crippen LogP contribution is 2.29. The van der Waals surface area contributed by atoms with Gasteiger partial charge in [-0.25, -0.2) is 19.3 Å². The number of benzene rings is 1. The zero-order valence-electron chi connectivity index (χ0n) is 20.8. The van der Waals surface area contributed by atoms with Crippen LogP contribution in [0.5, 0.6) is 0 Å². The maximum Gasteiger partial charge on any atom is 0.270 e. The molecule has 186 valence electrons. The van der Waals surface area contributed by atoms with E-state index >= 15 is 0 Å². The number of imidazole rings is 1. The number of hydrogen-bond donors (Lipinski definition) is 2. The first kappa shape index (κ1) is 22.8. The SMILES string of the molecule is Cc1cn2cc(-c3nc(C(=O)NC4CCC4)c4cc(N5C[C@@H](C)N[C@H](C)C5)ccc4n3)cc(F)c2n1. The summed E-state index contributed by atoms with van der Waals surface area (Å²) in [5.41, 5.74) is 3.48. The minimum Gasteiger partial charge on any atom is -0.368 e.